The van der Waals surface area contributed by atoms with Gasteiger partial charge in [-0.25, -0.2) is 18.3 Å². The molecule has 0 saturated carbocycles. The average Bonchev–Trinajstić information content (AvgIpc) is 3.45. The Bertz CT molecular complexity index is 1350. The zero-order valence-electron chi connectivity index (χ0n) is 25.0. The second-order valence-electron chi connectivity index (χ2n) is 9.77. The number of benzene rings is 2. The number of rotatable bonds is 10. The highest BCUT2D eigenvalue weighted by molar-refractivity contribution is 5.51. The van der Waals surface area contributed by atoms with E-state index in [2.05, 4.69) is 31.1 Å². The maximum atomic E-state index is 5.70. The van der Waals surface area contributed by atoms with E-state index in [1.54, 1.807) is 0 Å². The lowest BCUT2D eigenvalue weighted by Gasteiger charge is -2.12. The minimum Gasteiger partial charge on any atom is -1.00 e. The number of nitrogens with one attached hydrogen (secondary N) is 2. The fraction of sp³-hybridized carbons (Fsp3) is 0.357. The van der Waals surface area contributed by atoms with Gasteiger partial charge >= 0.3 is 11.9 Å². The first-order chi connectivity index (χ1) is 19.2. The van der Waals surface area contributed by atoms with Gasteiger partial charge in [0, 0.05) is 46.8 Å². The van der Waals surface area contributed by atoms with E-state index in [0.717, 1.165) is 41.2 Å². The summed E-state index contributed by atoms with van der Waals surface area (Å²) in [5.41, 5.74) is 15.0. The van der Waals surface area contributed by atoms with Crippen LogP contribution in [0.1, 0.15) is 13.8 Å². The number of aryl methyl sites for hydroxylation is 4. The molecule has 0 aliphatic rings. The van der Waals surface area contributed by atoms with Crippen LogP contribution in [0.2, 0.25) is 0 Å². The Hall–Kier alpha value is -3.84. The number of anilines is 2. The van der Waals surface area contributed by atoms with Crippen LogP contribution < -0.4 is 56.0 Å². The molecule has 2 heterocycles. The largest absolute Gasteiger partial charge is 1.00 e. The fourth-order valence-corrected chi connectivity index (χ4v) is 3.54. The highest BCUT2D eigenvalue weighted by Crippen LogP contribution is 2.20. The smallest absolute Gasteiger partial charge is 0.421 e. The molecule has 2 aromatic heterocycles. The van der Waals surface area contributed by atoms with E-state index in [0.29, 0.717) is 6.54 Å². The van der Waals surface area contributed by atoms with Crippen LogP contribution in [0.3, 0.4) is 0 Å². The quantitative estimate of drug-likeness (QED) is 0.121. The van der Waals surface area contributed by atoms with Crippen LogP contribution in [0.25, 0.3) is 0 Å². The number of nitrogens with zero attached hydrogens (tertiary/aromatic N) is 8. The summed E-state index contributed by atoms with van der Waals surface area (Å²) in [6, 6.07) is 16.0. The normalized spacial score (nSPS) is 12.2. The maximum Gasteiger partial charge on any atom is 0.421 e. The predicted molar refractivity (Wildman–Crippen MR) is 159 cm³/mol. The zero-order valence-corrected chi connectivity index (χ0v) is 26.5. The van der Waals surface area contributed by atoms with E-state index in [9.17, 15) is 0 Å². The lowest BCUT2D eigenvalue weighted by atomic mass is 10.2. The van der Waals surface area contributed by atoms with Crippen molar-refractivity contribution in [3.63, 3.8) is 0 Å². The number of azo groups is 2. The van der Waals surface area contributed by atoms with Gasteiger partial charge in [0.2, 0.25) is 0 Å². The molecule has 228 valence electrons. The first-order valence-corrected chi connectivity index (χ1v) is 13.2. The Balaban J connectivity index is 0.000000401. The van der Waals surface area contributed by atoms with E-state index in [1.807, 2.05) is 134 Å². The summed E-state index contributed by atoms with van der Waals surface area (Å²) in [7, 11) is 7.76. The van der Waals surface area contributed by atoms with Crippen molar-refractivity contribution in [1.82, 2.24) is 9.13 Å². The average molecular weight is 618 g/mol. The Morgan fingerprint density at radius 1 is 0.738 bits per heavy atom. The lowest BCUT2D eigenvalue weighted by Crippen LogP contribution is -3.00. The van der Waals surface area contributed by atoms with Crippen molar-refractivity contribution in [1.29, 1.82) is 0 Å². The molecule has 2 unspecified atom stereocenters. The van der Waals surface area contributed by atoms with Gasteiger partial charge in [-0.2, -0.15) is 0 Å². The molecule has 0 spiro atoms. The lowest BCUT2D eigenvalue weighted by molar-refractivity contribution is -0.657. The van der Waals surface area contributed by atoms with E-state index in [1.165, 1.54) is 0 Å². The van der Waals surface area contributed by atoms with Crippen molar-refractivity contribution in [2.24, 2.45) is 60.1 Å². The molecule has 0 amide bonds. The number of imidazole rings is 2. The SMILES string of the molecule is CC(CN)Nc1ccc(N=Nc2n(C)cc[n+]2C)cc1.CC(N)CNc1ccc(N=Nc2n(C)cc[n+]2C)cc1.[Cl-].[Cl-]. The van der Waals surface area contributed by atoms with Crippen LogP contribution >= 0.6 is 0 Å². The van der Waals surface area contributed by atoms with Crippen molar-refractivity contribution in [3.05, 3.63) is 73.3 Å². The van der Waals surface area contributed by atoms with Crippen LogP contribution in [0.4, 0.5) is 34.6 Å². The molecule has 4 rings (SSSR count). The number of nitrogens with two attached hydrogens (primary N) is 2. The molecule has 4 aromatic rings. The van der Waals surface area contributed by atoms with E-state index in [4.69, 9.17) is 11.5 Å². The minimum atomic E-state index is 0. The summed E-state index contributed by atoms with van der Waals surface area (Å²) in [6.07, 6.45) is 7.76. The standard InChI is InChI=1S/2C14H20N6.2ClH/c1-11(15)10-16-12-4-6-13(7-5-12)17-18-14-19(2)8-9-20(14)3;1-11(10-15)16-12-4-6-13(7-5-12)17-18-14-19(2)8-9-20(14)3;;/h2*4-9,11H,10,15H2,1-3H3;2*1H. The number of halogens is 2. The third-order valence-corrected chi connectivity index (χ3v) is 5.93. The van der Waals surface area contributed by atoms with Gasteiger partial charge in [-0.05, 0) is 62.4 Å². The first-order valence-electron chi connectivity index (χ1n) is 13.2. The van der Waals surface area contributed by atoms with Crippen molar-refractivity contribution < 1.29 is 33.9 Å². The molecule has 6 N–H and O–H groups in total. The molecule has 2 aromatic carbocycles. The van der Waals surface area contributed by atoms with Gasteiger partial charge in [0.1, 0.15) is 11.4 Å². The molecule has 0 aliphatic carbocycles. The second kappa shape index (κ2) is 17.9. The fourth-order valence-electron chi connectivity index (χ4n) is 3.54. The Kier molecular flexibility index (Phi) is 15.4. The predicted octanol–water partition coefficient (Wildman–Crippen LogP) is -1.94. The summed E-state index contributed by atoms with van der Waals surface area (Å²) < 4.78 is 7.68. The van der Waals surface area contributed by atoms with Gasteiger partial charge in [-0.1, -0.05) is 10.2 Å². The number of hydrogen-bond donors (Lipinski definition) is 4. The van der Waals surface area contributed by atoms with E-state index < -0.39 is 0 Å². The minimum absolute atomic E-state index is 0. The van der Waals surface area contributed by atoms with Gasteiger partial charge in [0.25, 0.3) is 0 Å². The van der Waals surface area contributed by atoms with Gasteiger partial charge < -0.3 is 46.9 Å². The molecular weight excluding hydrogens is 575 g/mol. The van der Waals surface area contributed by atoms with E-state index >= 15 is 0 Å². The van der Waals surface area contributed by atoms with Crippen molar-refractivity contribution in [3.8, 4) is 0 Å². The van der Waals surface area contributed by atoms with Gasteiger partial charge in [0.15, 0.2) is 0 Å². The molecule has 0 aliphatic heterocycles. The summed E-state index contributed by atoms with van der Waals surface area (Å²) >= 11 is 0. The third kappa shape index (κ3) is 11.2. The Morgan fingerprint density at radius 2 is 1.17 bits per heavy atom. The molecule has 0 saturated heterocycles. The molecule has 2 atom stereocenters. The van der Waals surface area contributed by atoms with Gasteiger partial charge in [0.05, 0.1) is 53.0 Å². The summed E-state index contributed by atoms with van der Waals surface area (Å²) in [5, 5.41) is 23.5. The topological polar surface area (TPSA) is 143 Å². The molecule has 42 heavy (non-hydrogen) atoms. The van der Waals surface area contributed by atoms with Gasteiger partial charge in [-0.15, -0.1) is 0 Å². The van der Waals surface area contributed by atoms with E-state index in [-0.39, 0.29) is 36.9 Å². The Morgan fingerprint density at radius 3 is 1.52 bits per heavy atom. The first kappa shape index (κ1) is 36.2. The summed E-state index contributed by atoms with van der Waals surface area (Å²) in [5.74, 6) is 1.59. The van der Waals surface area contributed by atoms with Crippen molar-refractivity contribution in [2.45, 2.75) is 25.9 Å². The summed E-state index contributed by atoms with van der Waals surface area (Å²) in [4.78, 5) is 0. The van der Waals surface area contributed by atoms with Crippen LogP contribution in [-0.4, -0.2) is 34.3 Å². The molecule has 0 fully saturated rings. The zero-order chi connectivity index (χ0) is 29.1. The van der Waals surface area contributed by atoms with Gasteiger partial charge in [-0.3, -0.25) is 0 Å². The Labute approximate surface area is 260 Å². The molecule has 0 radical (unpaired) electrons. The molecule has 14 heteroatoms. The maximum absolute atomic E-state index is 5.70. The highest BCUT2D eigenvalue weighted by atomic mass is 35.5. The molecular formula is C28H42Cl2N12. The van der Waals surface area contributed by atoms with Crippen LogP contribution in [0, 0.1) is 0 Å². The molecule has 0 bridgehead atoms. The third-order valence-electron chi connectivity index (χ3n) is 5.93. The highest BCUT2D eigenvalue weighted by Gasteiger charge is 2.11. The summed E-state index contributed by atoms with van der Waals surface area (Å²) in [6.45, 7) is 5.37. The molecule has 12 nitrogen and oxygen atoms in total. The monoisotopic (exact) mass is 616 g/mol. The number of hydrogen-bond acceptors (Lipinski definition) is 8. The second-order valence-corrected chi connectivity index (χ2v) is 9.77. The van der Waals surface area contributed by atoms with Crippen molar-refractivity contribution in [2.75, 3.05) is 23.7 Å². The van der Waals surface area contributed by atoms with Crippen molar-refractivity contribution >= 4 is 34.6 Å². The van der Waals surface area contributed by atoms with Crippen LogP contribution in [0.5, 0.6) is 0 Å². The number of aromatic nitrogens is 4. The van der Waals surface area contributed by atoms with Crippen LogP contribution in [-0.2, 0) is 28.2 Å². The van der Waals surface area contributed by atoms with Crippen LogP contribution in [0.15, 0.2) is 93.8 Å².